The smallest absolute Gasteiger partial charge is 0.224 e. The molecule has 0 aromatic heterocycles. The average Bonchev–Trinajstić information content (AvgIpc) is 2.79. The first kappa shape index (κ1) is 19.9. The Kier molecular flexibility index (Phi) is 7.63. The topological polar surface area (TPSA) is 69.7 Å². The second-order valence-corrected chi connectivity index (χ2v) is 6.75. The van der Waals surface area contributed by atoms with E-state index in [9.17, 15) is 14.4 Å². The van der Waals surface area contributed by atoms with Crippen LogP contribution in [0.3, 0.4) is 0 Å². The molecule has 1 aliphatic heterocycles. The van der Waals surface area contributed by atoms with Crippen LogP contribution in [0.15, 0.2) is 30.3 Å². The first-order valence-electron chi connectivity index (χ1n) is 9.36. The van der Waals surface area contributed by atoms with E-state index in [1.165, 1.54) is 6.92 Å². The number of benzene rings is 1. The van der Waals surface area contributed by atoms with Crippen molar-refractivity contribution in [2.24, 2.45) is 0 Å². The summed E-state index contributed by atoms with van der Waals surface area (Å²) in [6, 6.07) is 10.00. The van der Waals surface area contributed by atoms with Gasteiger partial charge in [0.2, 0.25) is 17.7 Å². The zero-order chi connectivity index (χ0) is 18.9. The van der Waals surface area contributed by atoms with Crippen molar-refractivity contribution in [2.45, 2.75) is 52.1 Å². The maximum Gasteiger partial charge on any atom is 0.224 e. The lowest BCUT2D eigenvalue weighted by molar-refractivity contribution is -0.133. The van der Waals surface area contributed by atoms with Crippen LogP contribution in [0.25, 0.3) is 0 Å². The summed E-state index contributed by atoms with van der Waals surface area (Å²) in [7, 11) is 0. The van der Waals surface area contributed by atoms with E-state index in [-0.39, 0.29) is 23.8 Å². The Hall–Kier alpha value is -2.37. The number of hydrogen-bond donors (Lipinski definition) is 1. The largest absolute Gasteiger partial charge is 0.356 e. The number of nitrogens with one attached hydrogen (secondary N) is 1. The molecule has 1 fully saturated rings. The zero-order valence-electron chi connectivity index (χ0n) is 15.7. The Balaban J connectivity index is 1.96. The highest BCUT2D eigenvalue weighted by Gasteiger charge is 2.30. The highest BCUT2D eigenvalue weighted by atomic mass is 16.2. The molecule has 142 valence electrons. The van der Waals surface area contributed by atoms with E-state index < -0.39 is 0 Å². The van der Waals surface area contributed by atoms with Gasteiger partial charge in [0.1, 0.15) is 0 Å². The van der Waals surface area contributed by atoms with Gasteiger partial charge in [0.15, 0.2) is 0 Å². The first-order valence-corrected chi connectivity index (χ1v) is 9.36. The average molecular weight is 359 g/mol. The lowest BCUT2D eigenvalue weighted by atomic mass is 10.1. The van der Waals surface area contributed by atoms with Gasteiger partial charge in [0.05, 0.1) is 0 Å². The van der Waals surface area contributed by atoms with E-state index in [0.29, 0.717) is 45.4 Å². The van der Waals surface area contributed by atoms with Crippen molar-refractivity contribution in [1.82, 2.24) is 15.1 Å². The molecule has 0 spiro atoms. The molecule has 1 atom stereocenters. The maximum absolute atomic E-state index is 12.6. The zero-order valence-corrected chi connectivity index (χ0v) is 15.7. The van der Waals surface area contributed by atoms with Gasteiger partial charge in [-0.15, -0.1) is 0 Å². The Labute approximate surface area is 155 Å². The summed E-state index contributed by atoms with van der Waals surface area (Å²) in [5.74, 6) is 0.0813. The lowest BCUT2D eigenvalue weighted by Gasteiger charge is -2.31. The fourth-order valence-electron chi connectivity index (χ4n) is 3.26. The number of amides is 3. The van der Waals surface area contributed by atoms with Gasteiger partial charge in [0, 0.05) is 52.0 Å². The fourth-order valence-corrected chi connectivity index (χ4v) is 3.26. The molecule has 1 N–H and O–H groups in total. The van der Waals surface area contributed by atoms with E-state index in [1.807, 2.05) is 40.1 Å². The number of carbonyl (C=O) groups is 3. The first-order chi connectivity index (χ1) is 12.5. The molecule has 26 heavy (non-hydrogen) atoms. The summed E-state index contributed by atoms with van der Waals surface area (Å²) < 4.78 is 0. The molecule has 1 aliphatic rings. The van der Waals surface area contributed by atoms with Gasteiger partial charge in [-0.3, -0.25) is 14.4 Å². The predicted octanol–water partition coefficient (Wildman–Crippen LogP) is 1.94. The molecule has 0 aliphatic carbocycles. The van der Waals surface area contributed by atoms with Crippen LogP contribution in [-0.2, 0) is 20.9 Å². The fraction of sp³-hybridized carbons (Fsp3) is 0.550. The minimum absolute atomic E-state index is 0.0319. The molecule has 0 saturated carbocycles. The van der Waals surface area contributed by atoms with Crippen molar-refractivity contribution >= 4 is 17.7 Å². The van der Waals surface area contributed by atoms with E-state index >= 15 is 0 Å². The maximum atomic E-state index is 12.6. The second kappa shape index (κ2) is 9.94. The summed E-state index contributed by atoms with van der Waals surface area (Å²) in [6.45, 7) is 5.66. The van der Waals surface area contributed by atoms with Crippen molar-refractivity contribution in [1.29, 1.82) is 0 Å². The molecule has 6 nitrogen and oxygen atoms in total. The summed E-state index contributed by atoms with van der Waals surface area (Å²) >= 11 is 0. The molecule has 0 bridgehead atoms. The molecule has 6 heteroatoms. The Morgan fingerprint density at radius 2 is 1.96 bits per heavy atom. The van der Waals surface area contributed by atoms with Crippen LogP contribution in [0, 0.1) is 0 Å². The molecule has 1 heterocycles. The third kappa shape index (κ3) is 5.86. The summed E-state index contributed by atoms with van der Waals surface area (Å²) in [4.78, 5) is 39.8. The second-order valence-electron chi connectivity index (χ2n) is 6.75. The molecular formula is C20H29N3O3. The van der Waals surface area contributed by atoms with E-state index in [2.05, 4.69) is 12.2 Å². The van der Waals surface area contributed by atoms with Crippen LogP contribution in [0.4, 0.5) is 0 Å². The molecule has 2 rings (SSSR count). The van der Waals surface area contributed by atoms with E-state index in [4.69, 9.17) is 0 Å². The van der Waals surface area contributed by atoms with Gasteiger partial charge in [-0.05, 0) is 18.4 Å². The number of carbonyl (C=O) groups excluding carboxylic acids is 3. The standard InChI is InChI=1S/C20H29N3O3/c1-3-18-15-22(19(25)10-7-12-21-16(2)24)13-11-20(26)23(18)14-17-8-5-4-6-9-17/h4-6,8-9,18H,3,7,10-15H2,1-2H3,(H,21,24)/t18-/m0/s1. The van der Waals surface area contributed by atoms with Gasteiger partial charge >= 0.3 is 0 Å². The number of rotatable bonds is 7. The molecule has 1 aromatic carbocycles. The Morgan fingerprint density at radius 3 is 2.62 bits per heavy atom. The van der Waals surface area contributed by atoms with E-state index in [0.717, 1.165) is 12.0 Å². The van der Waals surface area contributed by atoms with Crippen molar-refractivity contribution in [2.75, 3.05) is 19.6 Å². The highest BCUT2D eigenvalue weighted by Crippen LogP contribution is 2.18. The summed E-state index contributed by atoms with van der Waals surface area (Å²) in [5, 5.41) is 2.71. The van der Waals surface area contributed by atoms with Gasteiger partial charge in [-0.25, -0.2) is 0 Å². The minimum Gasteiger partial charge on any atom is -0.356 e. The van der Waals surface area contributed by atoms with E-state index in [1.54, 1.807) is 0 Å². The number of nitrogens with zero attached hydrogens (tertiary/aromatic N) is 2. The van der Waals surface area contributed by atoms with Crippen LogP contribution in [0.2, 0.25) is 0 Å². The molecule has 0 unspecified atom stereocenters. The Morgan fingerprint density at radius 1 is 1.23 bits per heavy atom. The lowest BCUT2D eigenvalue weighted by Crippen LogP contribution is -2.43. The molecule has 0 radical (unpaired) electrons. The SMILES string of the molecule is CC[C@H]1CN(C(=O)CCCNC(C)=O)CCC(=O)N1Cc1ccccc1. The van der Waals surface area contributed by atoms with Crippen molar-refractivity contribution in [3.63, 3.8) is 0 Å². The third-order valence-electron chi connectivity index (χ3n) is 4.75. The summed E-state index contributed by atoms with van der Waals surface area (Å²) in [5.41, 5.74) is 1.11. The van der Waals surface area contributed by atoms with Gasteiger partial charge < -0.3 is 15.1 Å². The van der Waals surface area contributed by atoms with Crippen LogP contribution >= 0.6 is 0 Å². The molecule has 1 aromatic rings. The van der Waals surface area contributed by atoms with Crippen molar-refractivity contribution < 1.29 is 14.4 Å². The van der Waals surface area contributed by atoms with Crippen molar-refractivity contribution in [3.8, 4) is 0 Å². The quantitative estimate of drug-likeness (QED) is 0.757. The van der Waals surface area contributed by atoms with Gasteiger partial charge in [0.25, 0.3) is 0 Å². The van der Waals surface area contributed by atoms with Crippen LogP contribution < -0.4 is 5.32 Å². The monoisotopic (exact) mass is 359 g/mol. The Bertz CT molecular complexity index is 618. The predicted molar refractivity (Wildman–Crippen MR) is 100 cm³/mol. The molecule has 1 saturated heterocycles. The van der Waals surface area contributed by atoms with Gasteiger partial charge in [-0.1, -0.05) is 37.3 Å². The highest BCUT2D eigenvalue weighted by molar-refractivity contribution is 5.80. The summed E-state index contributed by atoms with van der Waals surface area (Å²) in [6.07, 6.45) is 2.19. The third-order valence-corrected chi connectivity index (χ3v) is 4.75. The normalized spacial score (nSPS) is 17.8. The minimum atomic E-state index is -0.0829. The molecule has 3 amide bonds. The van der Waals surface area contributed by atoms with Crippen LogP contribution in [-0.4, -0.2) is 53.2 Å². The van der Waals surface area contributed by atoms with Crippen LogP contribution in [0.5, 0.6) is 0 Å². The van der Waals surface area contributed by atoms with Gasteiger partial charge in [-0.2, -0.15) is 0 Å². The number of hydrogen-bond acceptors (Lipinski definition) is 3. The molecular weight excluding hydrogens is 330 g/mol. The van der Waals surface area contributed by atoms with Crippen LogP contribution in [0.1, 0.15) is 45.1 Å². The van der Waals surface area contributed by atoms with Crippen molar-refractivity contribution in [3.05, 3.63) is 35.9 Å².